The van der Waals surface area contributed by atoms with Gasteiger partial charge in [0, 0.05) is 55.5 Å². The van der Waals surface area contributed by atoms with Crippen LogP contribution >= 0.6 is 11.6 Å². The monoisotopic (exact) mass is 371 g/mol. The molecule has 2 aromatic carbocycles. The van der Waals surface area contributed by atoms with Crippen molar-refractivity contribution >= 4 is 28.9 Å². The van der Waals surface area contributed by atoms with Crippen molar-refractivity contribution in [3.8, 4) is 0 Å². The van der Waals surface area contributed by atoms with Crippen LogP contribution in [0.1, 0.15) is 17.5 Å². The van der Waals surface area contributed by atoms with E-state index in [1.807, 2.05) is 37.3 Å². The normalized spacial score (nSPS) is 15.1. The van der Waals surface area contributed by atoms with E-state index in [4.69, 9.17) is 11.6 Å². The number of anilines is 2. The summed E-state index contributed by atoms with van der Waals surface area (Å²) >= 11 is 6.08. The van der Waals surface area contributed by atoms with Gasteiger partial charge in [-0.1, -0.05) is 35.4 Å². The lowest BCUT2D eigenvalue weighted by Crippen LogP contribution is -2.47. The lowest BCUT2D eigenvalue weighted by atomic mass is 10.1. The smallest absolute Gasteiger partial charge is 0.225 e. The van der Waals surface area contributed by atoms with E-state index in [1.165, 1.54) is 11.3 Å². The van der Waals surface area contributed by atoms with Gasteiger partial charge in [0.05, 0.1) is 0 Å². The summed E-state index contributed by atoms with van der Waals surface area (Å²) in [6.07, 6.45) is 0.518. The molecule has 0 unspecified atom stereocenters. The van der Waals surface area contributed by atoms with E-state index in [0.29, 0.717) is 6.42 Å². The average Bonchev–Trinajstić information content (AvgIpc) is 2.63. The molecule has 1 aliphatic heterocycles. The Morgan fingerprint density at radius 1 is 1.08 bits per heavy atom. The van der Waals surface area contributed by atoms with Crippen molar-refractivity contribution in [3.63, 3.8) is 0 Å². The van der Waals surface area contributed by atoms with Gasteiger partial charge < -0.3 is 10.2 Å². The van der Waals surface area contributed by atoms with Crippen molar-refractivity contribution in [1.82, 2.24) is 4.90 Å². The minimum Gasteiger partial charge on any atom is -0.369 e. The first-order valence-electron chi connectivity index (χ1n) is 9.11. The minimum atomic E-state index is 0.0780. The number of carbonyl (C=O) groups is 1. The zero-order chi connectivity index (χ0) is 18.5. The number of hydrogen-bond acceptors (Lipinski definition) is 3. The Balaban J connectivity index is 1.44. The highest BCUT2D eigenvalue weighted by atomic mass is 35.5. The summed E-state index contributed by atoms with van der Waals surface area (Å²) in [5.41, 5.74) is 4.39. The molecular weight excluding hydrogens is 346 g/mol. The predicted molar refractivity (Wildman–Crippen MR) is 109 cm³/mol. The van der Waals surface area contributed by atoms with Gasteiger partial charge in [0.2, 0.25) is 5.91 Å². The maximum Gasteiger partial charge on any atom is 0.225 e. The quantitative estimate of drug-likeness (QED) is 0.859. The van der Waals surface area contributed by atoms with Crippen molar-refractivity contribution in [2.75, 3.05) is 42.9 Å². The third kappa shape index (κ3) is 4.99. The summed E-state index contributed by atoms with van der Waals surface area (Å²) in [6.45, 7) is 8.71. The topological polar surface area (TPSA) is 35.6 Å². The molecule has 0 spiro atoms. The second-order valence-electron chi connectivity index (χ2n) is 6.93. The van der Waals surface area contributed by atoms with E-state index >= 15 is 0 Å². The third-order valence-corrected chi connectivity index (χ3v) is 5.09. The summed E-state index contributed by atoms with van der Waals surface area (Å²) < 4.78 is 0. The number of rotatable bonds is 5. The Hall–Kier alpha value is -2.04. The van der Waals surface area contributed by atoms with Crippen molar-refractivity contribution < 1.29 is 4.79 Å². The number of nitrogens with one attached hydrogen (secondary N) is 1. The van der Waals surface area contributed by atoms with Gasteiger partial charge in [0.1, 0.15) is 0 Å². The Bertz CT molecular complexity index is 770. The second-order valence-corrected chi connectivity index (χ2v) is 7.36. The second kappa shape index (κ2) is 8.56. The number of benzene rings is 2. The molecule has 0 aromatic heterocycles. The highest BCUT2D eigenvalue weighted by Crippen LogP contribution is 2.21. The van der Waals surface area contributed by atoms with Gasteiger partial charge >= 0.3 is 0 Å². The van der Waals surface area contributed by atoms with Gasteiger partial charge in [-0.3, -0.25) is 9.69 Å². The van der Waals surface area contributed by atoms with Gasteiger partial charge in [-0.25, -0.2) is 0 Å². The maximum atomic E-state index is 12.3. The third-order valence-electron chi connectivity index (χ3n) is 4.86. The van der Waals surface area contributed by atoms with E-state index in [0.717, 1.165) is 49.0 Å². The molecule has 1 N–H and O–H groups in total. The summed E-state index contributed by atoms with van der Waals surface area (Å²) in [4.78, 5) is 16.9. The molecule has 1 heterocycles. The SMILES string of the molecule is Cc1ccc(NC(=O)CCN2CCN(c3cccc(Cl)c3)CC2)c(C)c1. The van der Waals surface area contributed by atoms with Crippen LogP contribution in [0.5, 0.6) is 0 Å². The Labute approximate surface area is 160 Å². The van der Waals surface area contributed by atoms with Crippen LogP contribution in [0.3, 0.4) is 0 Å². The number of carbonyl (C=O) groups excluding carboxylic acids is 1. The van der Waals surface area contributed by atoms with E-state index in [1.54, 1.807) is 0 Å². The first-order valence-corrected chi connectivity index (χ1v) is 9.49. The van der Waals surface area contributed by atoms with Crippen LogP contribution in [0.4, 0.5) is 11.4 Å². The molecule has 2 aromatic rings. The molecule has 0 bridgehead atoms. The Morgan fingerprint density at radius 3 is 2.54 bits per heavy atom. The summed E-state index contributed by atoms with van der Waals surface area (Å²) in [7, 11) is 0. The fraction of sp³-hybridized carbons (Fsp3) is 0.381. The van der Waals surface area contributed by atoms with Crippen LogP contribution in [0, 0.1) is 13.8 Å². The number of piperazine rings is 1. The predicted octanol–water partition coefficient (Wildman–Crippen LogP) is 4.11. The van der Waals surface area contributed by atoms with Crippen molar-refractivity contribution in [2.24, 2.45) is 0 Å². The molecule has 4 nitrogen and oxygen atoms in total. The molecular formula is C21H26ClN3O. The fourth-order valence-corrected chi connectivity index (χ4v) is 3.51. The fourth-order valence-electron chi connectivity index (χ4n) is 3.33. The summed E-state index contributed by atoms with van der Waals surface area (Å²) in [6, 6.07) is 14.1. The molecule has 26 heavy (non-hydrogen) atoms. The number of aryl methyl sites for hydroxylation is 2. The van der Waals surface area contributed by atoms with Crippen molar-refractivity contribution in [1.29, 1.82) is 0 Å². The standard InChI is InChI=1S/C21H26ClN3O/c1-16-6-7-20(17(2)14-16)23-21(26)8-9-24-10-12-25(13-11-24)19-5-3-4-18(22)15-19/h3-7,14-15H,8-13H2,1-2H3,(H,23,26). The molecule has 0 saturated carbocycles. The zero-order valence-electron chi connectivity index (χ0n) is 15.5. The highest BCUT2D eigenvalue weighted by Gasteiger charge is 2.18. The largest absolute Gasteiger partial charge is 0.369 e. The van der Waals surface area contributed by atoms with Crippen molar-refractivity contribution in [2.45, 2.75) is 20.3 Å². The summed E-state index contributed by atoms with van der Waals surface area (Å²) in [5.74, 6) is 0.0780. The van der Waals surface area contributed by atoms with Gasteiger partial charge in [-0.05, 0) is 43.7 Å². The average molecular weight is 372 g/mol. The number of nitrogens with zero attached hydrogens (tertiary/aromatic N) is 2. The summed E-state index contributed by atoms with van der Waals surface area (Å²) in [5, 5.41) is 3.80. The van der Waals surface area contributed by atoms with Crippen LogP contribution < -0.4 is 10.2 Å². The van der Waals surface area contributed by atoms with E-state index in [2.05, 4.69) is 34.2 Å². The van der Waals surface area contributed by atoms with Crippen LogP contribution in [-0.2, 0) is 4.79 Å². The van der Waals surface area contributed by atoms with Crippen LogP contribution in [0.25, 0.3) is 0 Å². The molecule has 0 aliphatic carbocycles. The lowest BCUT2D eigenvalue weighted by Gasteiger charge is -2.36. The molecule has 138 valence electrons. The zero-order valence-corrected chi connectivity index (χ0v) is 16.2. The molecule has 1 amide bonds. The molecule has 1 fully saturated rings. The maximum absolute atomic E-state index is 12.3. The molecule has 0 atom stereocenters. The van der Waals surface area contributed by atoms with Crippen LogP contribution in [0.2, 0.25) is 5.02 Å². The number of amides is 1. The number of hydrogen-bond donors (Lipinski definition) is 1. The molecule has 5 heteroatoms. The molecule has 3 rings (SSSR count). The van der Waals surface area contributed by atoms with Crippen LogP contribution in [0.15, 0.2) is 42.5 Å². The van der Waals surface area contributed by atoms with Gasteiger partial charge in [0.15, 0.2) is 0 Å². The first kappa shape index (κ1) is 18.7. The van der Waals surface area contributed by atoms with E-state index in [-0.39, 0.29) is 5.91 Å². The first-order chi connectivity index (χ1) is 12.5. The molecule has 1 saturated heterocycles. The minimum absolute atomic E-state index is 0.0780. The molecule has 1 aliphatic rings. The van der Waals surface area contributed by atoms with Gasteiger partial charge in [0.25, 0.3) is 0 Å². The molecule has 0 radical (unpaired) electrons. The highest BCUT2D eigenvalue weighted by molar-refractivity contribution is 6.30. The van der Waals surface area contributed by atoms with Gasteiger partial charge in [-0.2, -0.15) is 0 Å². The van der Waals surface area contributed by atoms with Crippen molar-refractivity contribution in [3.05, 3.63) is 58.6 Å². The Morgan fingerprint density at radius 2 is 1.85 bits per heavy atom. The van der Waals surface area contributed by atoms with E-state index in [9.17, 15) is 4.79 Å². The van der Waals surface area contributed by atoms with Gasteiger partial charge in [-0.15, -0.1) is 0 Å². The number of halogens is 1. The lowest BCUT2D eigenvalue weighted by molar-refractivity contribution is -0.116. The Kier molecular flexibility index (Phi) is 6.17. The van der Waals surface area contributed by atoms with Crippen LogP contribution in [-0.4, -0.2) is 43.5 Å². The van der Waals surface area contributed by atoms with E-state index < -0.39 is 0 Å².